The van der Waals surface area contributed by atoms with Crippen LogP contribution in [0, 0.1) is 24.2 Å². The van der Waals surface area contributed by atoms with E-state index in [0.29, 0.717) is 0 Å². The first-order valence-electron chi connectivity index (χ1n) is 2.52. The number of methoxy groups -OCH3 is 1. The van der Waals surface area contributed by atoms with Crippen LogP contribution in [0.5, 0.6) is 0 Å². The van der Waals surface area contributed by atoms with Crippen molar-refractivity contribution in [1.82, 2.24) is 0 Å². The number of esters is 1. The minimum absolute atomic E-state index is 0.439. The molecule has 0 fully saturated rings. The highest BCUT2D eigenvalue weighted by Crippen LogP contribution is 1.74. The molecule has 0 amide bonds. The molecule has 0 saturated heterocycles. The zero-order chi connectivity index (χ0) is 7.82. The van der Waals surface area contributed by atoms with E-state index >= 15 is 0 Å². The molecule has 2 nitrogen and oxygen atoms in total. The van der Waals surface area contributed by atoms with Crippen molar-refractivity contribution >= 4 is 5.97 Å². The predicted molar refractivity (Wildman–Crippen MR) is 37.8 cm³/mol. The maximum atomic E-state index is 10.3. The molecule has 0 unspecified atom stereocenters. The van der Waals surface area contributed by atoms with E-state index in [2.05, 4.69) is 22.5 Å². The van der Waals surface area contributed by atoms with Crippen LogP contribution in [-0.2, 0) is 9.53 Å². The van der Waals surface area contributed by atoms with E-state index in [1.54, 1.807) is 0 Å². The lowest BCUT2D eigenvalue weighted by atomic mass is 10.5. The summed E-state index contributed by atoms with van der Waals surface area (Å²) < 4.78 is 4.29. The summed E-state index contributed by atoms with van der Waals surface area (Å²) in [4.78, 5) is 10.3. The van der Waals surface area contributed by atoms with Crippen LogP contribution < -0.4 is 0 Å². The topological polar surface area (TPSA) is 26.3 Å². The van der Waals surface area contributed by atoms with Gasteiger partial charge in [0.1, 0.15) is 0 Å². The Morgan fingerprint density at radius 1 is 1.70 bits per heavy atom. The van der Waals surface area contributed by atoms with Gasteiger partial charge >= 0.3 is 5.97 Å². The van der Waals surface area contributed by atoms with Gasteiger partial charge in [0.25, 0.3) is 0 Å². The van der Waals surface area contributed by atoms with E-state index in [0.717, 1.165) is 0 Å². The van der Waals surface area contributed by atoms with Gasteiger partial charge in [-0.1, -0.05) is 5.92 Å². The van der Waals surface area contributed by atoms with Crippen LogP contribution in [0.25, 0.3) is 0 Å². The summed E-state index contributed by atoms with van der Waals surface area (Å²) in [6.07, 6.45) is 7.34. The third-order valence-corrected chi connectivity index (χ3v) is 0.648. The second-order valence-electron chi connectivity index (χ2n) is 1.27. The lowest BCUT2D eigenvalue weighted by Crippen LogP contribution is -1.92. The summed E-state index contributed by atoms with van der Waals surface area (Å²) in [5.74, 6) is 6.40. The van der Waals surface area contributed by atoms with Gasteiger partial charge in [0, 0.05) is 6.08 Å². The average molecular weight is 134 g/mol. The Labute approximate surface area is 59.9 Å². The molecule has 0 heterocycles. The predicted octanol–water partition coefficient (Wildman–Crippen LogP) is 0.352. The van der Waals surface area contributed by atoms with Crippen LogP contribution in [0.15, 0.2) is 12.2 Å². The third kappa shape index (κ3) is 4.49. The van der Waals surface area contributed by atoms with Crippen molar-refractivity contribution in [3.05, 3.63) is 12.2 Å². The van der Waals surface area contributed by atoms with Gasteiger partial charge in [-0.2, -0.15) is 0 Å². The van der Waals surface area contributed by atoms with Crippen molar-refractivity contribution in [2.75, 3.05) is 7.11 Å². The van der Waals surface area contributed by atoms with E-state index in [-0.39, 0.29) is 0 Å². The van der Waals surface area contributed by atoms with Gasteiger partial charge < -0.3 is 4.74 Å². The zero-order valence-corrected chi connectivity index (χ0v) is 5.55. The molecule has 0 radical (unpaired) electrons. The number of hydrogen-bond donors (Lipinski definition) is 0. The second kappa shape index (κ2) is 5.47. The Hall–Kier alpha value is -1.67. The molecule has 0 aromatic rings. The van der Waals surface area contributed by atoms with Crippen LogP contribution in [0.4, 0.5) is 0 Å². The van der Waals surface area contributed by atoms with Crippen LogP contribution in [0.1, 0.15) is 0 Å². The minimum Gasteiger partial charge on any atom is -0.466 e. The molecule has 0 aliphatic heterocycles. The zero-order valence-electron chi connectivity index (χ0n) is 5.55. The number of carbonyl (C=O) groups excluding carboxylic acids is 1. The van der Waals surface area contributed by atoms with Crippen LogP contribution in [-0.4, -0.2) is 13.1 Å². The molecule has 0 aromatic heterocycles. The molecule has 0 atom stereocenters. The molecule has 0 aromatic carbocycles. The molecule has 0 spiro atoms. The van der Waals surface area contributed by atoms with E-state index < -0.39 is 5.97 Å². The van der Waals surface area contributed by atoms with Crippen LogP contribution in [0.2, 0.25) is 0 Å². The van der Waals surface area contributed by atoms with E-state index in [1.165, 1.54) is 19.3 Å². The summed E-state index contributed by atoms with van der Waals surface area (Å²) in [6.45, 7) is 0. The Bertz CT molecular complexity index is 232. The first-order valence-corrected chi connectivity index (χ1v) is 2.52. The van der Waals surface area contributed by atoms with E-state index in [1.807, 2.05) is 0 Å². The lowest BCUT2D eigenvalue weighted by Gasteiger charge is -1.84. The maximum absolute atomic E-state index is 10.3. The smallest absolute Gasteiger partial charge is 0.331 e. The SMILES string of the molecule is C#CC#C/C=C/C(=O)OC. The quantitative estimate of drug-likeness (QED) is 0.294. The van der Waals surface area contributed by atoms with Gasteiger partial charge in [0.2, 0.25) is 0 Å². The fraction of sp³-hybridized carbons (Fsp3) is 0.125. The van der Waals surface area contributed by atoms with Gasteiger partial charge in [0.15, 0.2) is 0 Å². The Balaban J connectivity index is 3.80. The lowest BCUT2D eigenvalue weighted by molar-refractivity contribution is -0.134. The Kier molecular flexibility index (Phi) is 4.55. The van der Waals surface area contributed by atoms with Gasteiger partial charge in [-0.25, -0.2) is 4.79 Å². The molecule has 2 heteroatoms. The number of rotatable bonds is 1. The number of ether oxygens (including phenoxy) is 1. The second-order valence-corrected chi connectivity index (χ2v) is 1.27. The first-order chi connectivity index (χ1) is 4.81. The van der Waals surface area contributed by atoms with Crippen molar-refractivity contribution in [1.29, 1.82) is 0 Å². The molecule has 0 N–H and O–H groups in total. The van der Waals surface area contributed by atoms with E-state index in [4.69, 9.17) is 6.42 Å². The summed E-state index contributed by atoms with van der Waals surface area (Å²) in [5, 5.41) is 0. The monoisotopic (exact) mass is 134 g/mol. The number of terminal acetylenes is 1. The van der Waals surface area contributed by atoms with Crippen molar-refractivity contribution in [2.45, 2.75) is 0 Å². The fourth-order valence-electron chi connectivity index (χ4n) is 0.261. The highest BCUT2D eigenvalue weighted by molar-refractivity contribution is 5.82. The molecule has 0 aliphatic carbocycles. The Morgan fingerprint density at radius 2 is 2.40 bits per heavy atom. The summed E-state index contributed by atoms with van der Waals surface area (Å²) in [6, 6.07) is 0. The summed E-state index contributed by atoms with van der Waals surface area (Å²) >= 11 is 0. The van der Waals surface area contributed by atoms with Crippen LogP contribution >= 0.6 is 0 Å². The van der Waals surface area contributed by atoms with Gasteiger partial charge in [-0.15, -0.1) is 6.42 Å². The first kappa shape index (κ1) is 8.33. The largest absolute Gasteiger partial charge is 0.466 e. The molecule has 10 heavy (non-hydrogen) atoms. The van der Waals surface area contributed by atoms with Crippen molar-refractivity contribution in [3.63, 3.8) is 0 Å². The highest BCUT2D eigenvalue weighted by Gasteiger charge is 1.85. The normalized spacial score (nSPS) is 7.60. The summed E-state index contributed by atoms with van der Waals surface area (Å²) in [5.41, 5.74) is 0. The maximum Gasteiger partial charge on any atom is 0.331 e. The van der Waals surface area contributed by atoms with E-state index in [9.17, 15) is 4.79 Å². The standard InChI is InChI=1S/C8H6O2/c1-3-4-5-6-7-8(9)10-2/h1,6-7H,2H3/b7-6+. The van der Waals surface area contributed by atoms with Gasteiger partial charge in [-0.05, 0) is 17.9 Å². The average Bonchev–Trinajstić information content (AvgIpc) is 1.98. The van der Waals surface area contributed by atoms with Crippen molar-refractivity contribution < 1.29 is 9.53 Å². The summed E-state index contributed by atoms with van der Waals surface area (Å²) in [7, 11) is 1.29. The van der Waals surface area contributed by atoms with Gasteiger partial charge in [0.05, 0.1) is 7.11 Å². The third-order valence-electron chi connectivity index (χ3n) is 0.648. The molecular weight excluding hydrogens is 128 g/mol. The molecule has 0 saturated carbocycles. The Morgan fingerprint density at radius 3 is 2.90 bits per heavy atom. The number of carbonyl (C=O) groups is 1. The molecular formula is C8H6O2. The van der Waals surface area contributed by atoms with Crippen LogP contribution in [0.3, 0.4) is 0 Å². The minimum atomic E-state index is -0.439. The molecule has 0 bridgehead atoms. The van der Waals surface area contributed by atoms with Crippen molar-refractivity contribution in [3.8, 4) is 24.2 Å². The fourth-order valence-corrected chi connectivity index (χ4v) is 0.261. The molecule has 0 rings (SSSR count). The number of hydrogen-bond acceptors (Lipinski definition) is 2. The number of allylic oxidation sites excluding steroid dienone is 1. The molecule has 50 valence electrons. The highest BCUT2D eigenvalue weighted by atomic mass is 16.5. The van der Waals surface area contributed by atoms with Gasteiger partial charge in [-0.3, -0.25) is 0 Å². The van der Waals surface area contributed by atoms with Crippen molar-refractivity contribution in [2.24, 2.45) is 0 Å². The molecule has 0 aliphatic rings.